The molecular weight excluding hydrogens is 280 g/mol. The van der Waals surface area contributed by atoms with E-state index in [1.807, 2.05) is 29.0 Å². The smallest absolute Gasteiger partial charge is 0.161 e. The summed E-state index contributed by atoms with van der Waals surface area (Å²) in [5.41, 5.74) is 12.3. The standard InChI is InChI=1S/C13H22N2O2S2/c1-16-12-4-3-11(9-13(12)17-2)10-19(8-6-15)18-7-5-14/h3-4,9-10H,5-8,14-15H2,1-2H3. The van der Waals surface area contributed by atoms with Crippen LogP contribution in [0.2, 0.25) is 0 Å². The van der Waals surface area contributed by atoms with Crippen molar-refractivity contribution in [1.82, 2.24) is 0 Å². The van der Waals surface area contributed by atoms with Crippen molar-refractivity contribution in [2.24, 2.45) is 11.5 Å². The van der Waals surface area contributed by atoms with Gasteiger partial charge in [-0.15, -0.1) is 9.52 Å². The lowest BCUT2D eigenvalue weighted by molar-refractivity contribution is 0.355. The van der Waals surface area contributed by atoms with Gasteiger partial charge >= 0.3 is 0 Å². The SMILES string of the molecule is COc1ccc(C=S(CCN)SCCN)cc1OC. The summed E-state index contributed by atoms with van der Waals surface area (Å²) in [6.07, 6.45) is 0. The Kier molecular flexibility index (Phi) is 7.97. The molecule has 0 aliphatic carbocycles. The van der Waals surface area contributed by atoms with Gasteiger partial charge in [-0.3, -0.25) is 0 Å². The van der Waals surface area contributed by atoms with Gasteiger partial charge in [0.15, 0.2) is 11.5 Å². The first-order chi connectivity index (χ1) is 9.24. The van der Waals surface area contributed by atoms with Gasteiger partial charge in [-0.25, -0.2) is 0 Å². The summed E-state index contributed by atoms with van der Waals surface area (Å²) in [5.74, 6) is 3.41. The van der Waals surface area contributed by atoms with Crippen LogP contribution in [0.25, 0.3) is 0 Å². The molecule has 1 atom stereocenters. The first-order valence-corrected chi connectivity index (χ1v) is 9.01. The molecule has 4 N–H and O–H groups in total. The molecule has 1 unspecified atom stereocenters. The van der Waals surface area contributed by atoms with Crippen LogP contribution in [-0.4, -0.2) is 44.2 Å². The van der Waals surface area contributed by atoms with Gasteiger partial charge in [0.05, 0.1) is 14.2 Å². The molecule has 108 valence electrons. The average molecular weight is 302 g/mol. The van der Waals surface area contributed by atoms with Gasteiger partial charge in [0.25, 0.3) is 0 Å². The minimum absolute atomic E-state index is 0.0961. The predicted octanol–water partition coefficient (Wildman–Crippen LogP) is 1.69. The molecule has 0 saturated heterocycles. The van der Waals surface area contributed by atoms with Gasteiger partial charge in [0.2, 0.25) is 0 Å². The Morgan fingerprint density at radius 1 is 1.16 bits per heavy atom. The summed E-state index contributed by atoms with van der Waals surface area (Å²) in [7, 11) is 5.24. The number of methoxy groups -OCH3 is 2. The van der Waals surface area contributed by atoms with Crippen LogP contribution < -0.4 is 20.9 Å². The van der Waals surface area contributed by atoms with Crippen molar-refractivity contribution >= 4 is 25.7 Å². The molecule has 0 aliphatic heterocycles. The van der Waals surface area contributed by atoms with Gasteiger partial charge in [0, 0.05) is 24.6 Å². The highest BCUT2D eigenvalue weighted by Gasteiger charge is 2.04. The third-order valence-electron chi connectivity index (χ3n) is 2.35. The summed E-state index contributed by atoms with van der Waals surface area (Å²) < 4.78 is 10.5. The van der Waals surface area contributed by atoms with Crippen molar-refractivity contribution in [3.63, 3.8) is 0 Å². The molecule has 0 amide bonds. The van der Waals surface area contributed by atoms with Gasteiger partial charge in [0.1, 0.15) is 0 Å². The highest BCUT2D eigenvalue weighted by Crippen LogP contribution is 2.32. The number of nitrogens with two attached hydrogens (primary N) is 2. The Bertz CT molecular complexity index is 425. The molecule has 0 aliphatic rings. The predicted molar refractivity (Wildman–Crippen MR) is 87.7 cm³/mol. The van der Waals surface area contributed by atoms with Crippen molar-refractivity contribution in [2.45, 2.75) is 0 Å². The molecule has 0 bridgehead atoms. The van der Waals surface area contributed by atoms with Crippen molar-refractivity contribution < 1.29 is 9.47 Å². The van der Waals surface area contributed by atoms with E-state index in [0.717, 1.165) is 28.6 Å². The van der Waals surface area contributed by atoms with Gasteiger partial charge in [-0.05, 0) is 23.1 Å². The quantitative estimate of drug-likeness (QED) is 0.565. The summed E-state index contributed by atoms with van der Waals surface area (Å²) in [5, 5.41) is 2.23. The van der Waals surface area contributed by atoms with Crippen LogP contribution in [0.4, 0.5) is 0 Å². The van der Waals surface area contributed by atoms with Crippen LogP contribution in [0.3, 0.4) is 0 Å². The van der Waals surface area contributed by atoms with Crippen LogP contribution in [-0.2, 0) is 0 Å². The molecule has 0 saturated carbocycles. The molecule has 0 aromatic heterocycles. The summed E-state index contributed by atoms with van der Waals surface area (Å²) in [6.45, 7) is 1.38. The second kappa shape index (κ2) is 9.25. The maximum absolute atomic E-state index is 5.65. The molecule has 19 heavy (non-hydrogen) atoms. The molecular formula is C13H22N2O2S2. The van der Waals surface area contributed by atoms with E-state index < -0.39 is 0 Å². The van der Waals surface area contributed by atoms with Crippen LogP contribution in [0.15, 0.2) is 18.2 Å². The Balaban J connectivity index is 2.92. The first-order valence-electron chi connectivity index (χ1n) is 6.05. The number of ether oxygens (including phenoxy) is 2. The molecule has 0 heterocycles. The van der Waals surface area contributed by atoms with Crippen LogP contribution in [0, 0.1) is 0 Å². The fourth-order valence-corrected chi connectivity index (χ4v) is 4.91. The molecule has 4 nitrogen and oxygen atoms in total. The minimum Gasteiger partial charge on any atom is -0.493 e. The summed E-state index contributed by atoms with van der Waals surface area (Å²) in [6, 6.07) is 5.93. The monoisotopic (exact) mass is 302 g/mol. The van der Waals surface area contributed by atoms with Gasteiger partial charge in [-0.2, -0.15) is 0 Å². The lowest BCUT2D eigenvalue weighted by atomic mass is 10.2. The van der Waals surface area contributed by atoms with Crippen molar-refractivity contribution in [3.05, 3.63) is 23.8 Å². The van der Waals surface area contributed by atoms with E-state index in [0.29, 0.717) is 13.1 Å². The highest BCUT2D eigenvalue weighted by molar-refractivity contribution is 8.83. The van der Waals surface area contributed by atoms with E-state index in [9.17, 15) is 0 Å². The van der Waals surface area contributed by atoms with Crippen molar-refractivity contribution in [1.29, 1.82) is 0 Å². The molecule has 1 rings (SSSR count). The number of hydrogen-bond donors (Lipinski definition) is 2. The molecule has 0 radical (unpaired) electrons. The Morgan fingerprint density at radius 2 is 1.89 bits per heavy atom. The van der Waals surface area contributed by atoms with E-state index in [4.69, 9.17) is 20.9 Å². The maximum Gasteiger partial charge on any atom is 0.161 e. The zero-order valence-electron chi connectivity index (χ0n) is 11.4. The number of hydrogen-bond acceptors (Lipinski definition) is 5. The third kappa shape index (κ3) is 5.44. The average Bonchev–Trinajstić information content (AvgIpc) is 2.44. The maximum atomic E-state index is 5.65. The van der Waals surface area contributed by atoms with E-state index in [1.54, 1.807) is 14.2 Å². The molecule has 6 heteroatoms. The van der Waals surface area contributed by atoms with Crippen molar-refractivity contribution in [3.8, 4) is 11.5 Å². The molecule has 0 spiro atoms. The van der Waals surface area contributed by atoms with E-state index in [2.05, 4.69) is 5.37 Å². The molecule has 1 aromatic rings. The molecule has 1 aromatic carbocycles. The van der Waals surface area contributed by atoms with Crippen LogP contribution in [0.1, 0.15) is 5.56 Å². The fraction of sp³-hybridized carbons (Fsp3) is 0.462. The Hall–Kier alpha value is -0.690. The zero-order valence-corrected chi connectivity index (χ0v) is 13.1. The lowest BCUT2D eigenvalue weighted by Crippen LogP contribution is -2.05. The largest absolute Gasteiger partial charge is 0.493 e. The lowest BCUT2D eigenvalue weighted by Gasteiger charge is -2.10. The second-order valence-electron chi connectivity index (χ2n) is 3.72. The normalized spacial score (nSPS) is 12.4. The Morgan fingerprint density at radius 3 is 2.47 bits per heavy atom. The fourth-order valence-electron chi connectivity index (χ4n) is 1.50. The highest BCUT2D eigenvalue weighted by atomic mass is 33.1. The van der Waals surface area contributed by atoms with Gasteiger partial charge < -0.3 is 20.9 Å². The van der Waals surface area contributed by atoms with Crippen molar-refractivity contribution in [2.75, 3.05) is 38.8 Å². The molecule has 0 fully saturated rings. The van der Waals surface area contributed by atoms with E-state index in [-0.39, 0.29) is 9.52 Å². The zero-order chi connectivity index (χ0) is 14.1. The second-order valence-corrected chi connectivity index (χ2v) is 7.76. The number of benzene rings is 1. The van der Waals surface area contributed by atoms with E-state index >= 15 is 0 Å². The Labute approximate surface area is 121 Å². The first kappa shape index (κ1) is 16.4. The van der Waals surface area contributed by atoms with Gasteiger partial charge in [-0.1, -0.05) is 16.9 Å². The van der Waals surface area contributed by atoms with E-state index in [1.165, 1.54) is 0 Å². The summed E-state index contributed by atoms with van der Waals surface area (Å²) >= 11 is 0. The summed E-state index contributed by atoms with van der Waals surface area (Å²) in [4.78, 5) is 0. The van der Waals surface area contributed by atoms with Crippen LogP contribution in [0.5, 0.6) is 11.5 Å². The third-order valence-corrected chi connectivity index (χ3v) is 6.42. The topological polar surface area (TPSA) is 70.5 Å². The number of rotatable bonds is 8. The minimum atomic E-state index is 0.0961. The van der Waals surface area contributed by atoms with Crippen LogP contribution >= 0.6 is 20.3 Å².